The summed E-state index contributed by atoms with van der Waals surface area (Å²) >= 11 is 7.65. The number of aliphatic hydroxyl groups is 3. The molecular formula is C26H39ClN2O6S. The fourth-order valence-corrected chi connectivity index (χ4v) is 6.63. The van der Waals surface area contributed by atoms with Gasteiger partial charge in [-0.1, -0.05) is 30.3 Å². The number of halogens is 1. The number of thioether (sulfide) groups is 1. The first-order valence-corrected chi connectivity index (χ1v) is 14.6. The van der Waals surface area contributed by atoms with Gasteiger partial charge in [0, 0.05) is 13.2 Å². The molecule has 5 N–H and O–H groups in total. The summed E-state index contributed by atoms with van der Waals surface area (Å²) < 4.78 is 12.1. The Bertz CT molecular complexity index is 849. The molecule has 3 unspecified atom stereocenters. The fraction of sp³-hybridized carbons (Fsp3) is 0.731. The smallest absolute Gasteiger partial charge is 0.240 e. The number of hydrogen-bond donors (Lipinski definition) is 5. The summed E-state index contributed by atoms with van der Waals surface area (Å²) in [5.74, 6) is 0.520. The maximum Gasteiger partial charge on any atom is 0.240 e. The Morgan fingerprint density at radius 1 is 1.22 bits per heavy atom. The van der Waals surface area contributed by atoms with E-state index in [1.54, 1.807) is 13.2 Å². The predicted octanol–water partition coefficient (Wildman–Crippen LogP) is 1.29. The Labute approximate surface area is 222 Å². The molecule has 8 nitrogen and oxygen atoms in total. The van der Waals surface area contributed by atoms with Gasteiger partial charge in [-0.25, -0.2) is 0 Å². The minimum absolute atomic E-state index is 0.235. The van der Waals surface area contributed by atoms with Crippen LogP contribution in [0.15, 0.2) is 30.3 Å². The molecule has 3 saturated heterocycles. The summed E-state index contributed by atoms with van der Waals surface area (Å²) in [4.78, 5) is 13.4. The fourth-order valence-electron chi connectivity index (χ4n) is 5.75. The quantitative estimate of drug-likeness (QED) is 0.312. The molecule has 0 saturated carbocycles. The van der Waals surface area contributed by atoms with Crippen molar-refractivity contribution in [2.45, 2.75) is 86.0 Å². The van der Waals surface area contributed by atoms with E-state index >= 15 is 0 Å². The zero-order chi connectivity index (χ0) is 25.8. The van der Waals surface area contributed by atoms with Crippen LogP contribution in [0.3, 0.4) is 0 Å². The van der Waals surface area contributed by atoms with E-state index in [9.17, 15) is 20.1 Å². The number of fused-ring (bicyclic) bond motifs is 1. The molecule has 3 aliphatic rings. The third kappa shape index (κ3) is 6.38. The average Bonchev–Trinajstić information content (AvgIpc) is 3.16. The van der Waals surface area contributed by atoms with Crippen LogP contribution in [0.5, 0.6) is 0 Å². The summed E-state index contributed by atoms with van der Waals surface area (Å²) in [7, 11) is 0. The van der Waals surface area contributed by atoms with Gasteiger partial charge in [-0.05, 0) is 56.3 Å². The van der Waals surface area contributed by atoms with Gasteiger partial charge in [-0.3, -0.25) is 4.79 Å². The topological polar surface area (TPSA) is 120 Å². The lowest BCUT2D eigenvalue weighted by atomic mass is 9.86. The highest BCUT2D eigenvalue weighted by Gasteiger charge is 2.49. The van der Waals surface area contributed by atoms with Crippen molar-refractivity contribution in [3.63, 3.8) is 0 Å². The molecule has 0 aliphatic carbocycles. The van der Waals surface area contributed by atoms with Crippen molar-refractivity contribution in [3.8, 4) is 0 Å². The van der Waals surface area contributed by atoms with Gasteiger partial charge in [-0.2, -0.15) is 0 Å². The van der Waals surface area contributed by atoms with E-state index < -0.39 is 47.3 Å². The lowest BCUT2D eigenvalue weighted by Crippen LogP contribution is -2.65. The second-order valence-electron chi connectivity index (χ2n) is 10.3. The SMILES string of the molecule is CSC1O[C@H]([C@H](NC(=O)[C@H]2NC[C@@H]3C[C@@H](CCc4ccccc4)CCO[C@H]32)[C@H](C)Cl)C(O)C(O)[C@H]1O. The second kappa shape index (κ2) is 12.8. The largest absolute Gasteiger partial charge is 0.388 e. The number of aliphatic hydroxyl groups excluding tert-OH is 3. The normalized spacial score (nSPS) is 38.6. The van der Waals surface area contributed by atoms with Crippen LogP contribution in [-0.4, -0.2) is 94.1 Å². The number of alkyl halides is 1. The Hall–Kier alpha value is -0.910. The molecule has 11 atom stereocenters. The summed E-state index contributed by atoms with van der Waals surface area (Å²) in [5, 5.41) is 36.8. The Morgan fingerprint density at radius 3 is 2.67 bits per heavy atom. The van der Waals surface area contributed by atoms with Crippen molar-refractivity contribution < 1.29 is 29.6 Å². The summed E-state index contributed by atoms with van der Waals surface area (Å²) in [6.07, 6.45) is 0.640. The minimum atomic E-state index is -1.40. The van der Waals surface area contributed by atoms with E-state index in [4.69, 9.17) is 21.1 Å². The van der Waals surface area contributed by atoms with Crippen molar-refractivity contribution >= 4 is 29.3 Å². The third-order valence-corrected chi connectivity index (χ3v) is 8.95. The van der Waals surface area contributed by atoms with Crippen molar-refractivity contribution in [1.82, 2.24) is 10.6 Å². The molecule has 1 aromatic rings. The average molecular weight is 543 g/mol. The number of benzene rings is 1. The van der Waals surface area contributed by atoms with Gasteiger partial charge in [0.2, 0.25) is 5.91 Å². The predicted molar refractivity (Wildman–Crippen MR) is 140 cm³/mol. The van der Waals surface area contributed by atoms with E-state index in [1.807, 2.05) is 6.07 Å². The van der Waals surface area contributed by atoms with Crippen molar-refractivity contribution in [2.75, 3.05) is 19.4 Å². The number of aryl methyl sites for hydroxylation is 1. The van der Waals surface area contributed by atoms with Gasteiger partial charge in [0.05, 0.1) is 17.5 Å². The number of amides is 1. The van der Waals surface area contributed by atoms with E-state index in [0.717, 1.165) is 25.7 Å². The molecule has 4 rings (SSSR count). The van der Waals surface area contributed by atoms with Crippen LogP contribution in [0, 0.1) is 11.8 Å². The van der Waals surface area contributed by atoms with Crippen molar-refractivity contribution in [1.29, 1.82) is 0 Å². The van der Waals surface area contributed by atoms with Gasteiger partial charge in [0.1, 0.15) is 35.9 Å². The number of ether oxygens (including phenoxy) is 2. The van der Waals surface area contributed by atoms with Crippen molar-refractivity contribution in [3.05, 3.63) is 35.9 Å². The first-order chi connectivity index (χ1) is 17.3. The van der Waals surface area contributed by atoms with E-state index in [2.05, 4.69) is 34.9 Å². The highest BCUT2D eigenvalue weighted by atomic mass is 35.5. The highest BCUT2D eigenvalue weighted by molar-refractivity contribution is 7.99. The zero-order valence-corrected chi connectivity index (χ0v) is 22.4. The van der Waals surface area contributed by atoms with Gasteiger partial charge in [-0.15, -0.1) is 23.4 Å². The van der Waals surface area contributed by atoms with Crippen molar-refractivity contribution in [2.24, 2.45) is 11.8 Å². The Morgan fingerprint density at radius 2 is 1.97 bits per heavy atom. The second-order valence-corrected chi connectivity index (χ2v) is 11.9. The van der Waals surface area contributed by atoms with Gasteiger partial charge >= 0.3 is 0 Å². The third-order valence-electron chi connectivity index (χ3n) is 7.83. The molecule has 36 heavy (non-hydrogen) atoms. The maximum atomic E-state index is 13.4. The van der Waals surface area contributed by atoms with E-state index in [-0.39, 0.29) is 17.9 Å². The molecular weight excluding hydrogens is 504 g/mol. The van der Waals surface area contributed by atoms with E-state index in [1.165, 1.54) is 17.3 Å². The lowest BCUT2D eigenvalue weighted by molar-refractivity contribution is -0.205. The molecule has 1 aromatic carbocycles. The van der Waals surface area contributed by atoms with Crippen LogP contribution in [0.2, 0.25) is 0 Å². The summed E-state index contributed by atoms with van der Waals surface area (Å²) in [6, 6.07) is 9.20. The molecule has 3 heterocycles. The Balaban J connectivity index is 1.37. The van der Waals surface area contributed by atoms with Crippen LogP contribution in [0.4, 0.5) is 0 Å². The number of carbonyl (C=O) groups excluding carboxylic acids is 1. The van der Waals surface area contributed by atoms with Crippen LogP contribution >= 0.6 is 23.4 Å². The van der Waals surface area contributed by atoms with Crippen LogP contribution < -0.4 is 10.6 Å². The molecule has 0 spiro atoms. The zero-order valence-electron chi connectivity index (χ0n) is 20.8. The lowest BCUT2D eigenvalue weighted by Gasteiger charge is -2.44. The molecule has 10 heteroatoms. The number of nitrogens with one attached hydrogen (secondary N) is 2. The van der Waals surface area contributed by atoms with Gasteiger partial charge in [0.25, 0.3) is 0 Å². The van der Waals surface area contributed by atoms with Gasteiger partial charge in [0.15, 0.2) is 0 Å². The van der Waals surface area contributed by atoms with Crippen LogP contribution in [-0.2, 0) is 20.7 Å². The molecule has 202 valence electrons. The molecule has 1 amide bonds. The number of hydrogen-bond acceptors (Lipinski definition) is 8. The van der Waals surface area contributed by atoms with E-state index in [0.29, 0.717) is 19.1 Å². The molecule has 0 bridgehead atoms. The van der Waals surface area contributed by atoms with Crippen LogP contribution in [0.1, 0.15) is 31.7 Å². The maximum absolute atomic E-state index is 13.4. The van der Waals surface area contributed by atoms with Gasteiger partial charge < -0.3 is 35.4 Å². The molecule has 0 radical (unpaired) electrons. The summed E-state index contributed by atoms with van der Waals surface area (Å²) in [5.41, 5.74) is 0.603. The number of rotatable bonds is 8. The molecule has 0 aromatic heterocycles. The first-order valence-electron chi connectivity index (χ1n) is 12.9. The standard InChI is InChI=1S/C26H39ClN2O6S/c1-14(27)18(24-21(31)20(30)22(32)26(35-24)36-2)29-25(33)19-23-17(13-28-19)12-16(10-11-34-23)9-8-15-6-4-3-5-7-15/h3-7,14,16-24,26,28,30-32H,8-13H2,1-2H3,(H,29,33)/t14-,16-,17-,18+,19-,20?,21?,22+,23+,24+,26?/m0/s1. The summed E-state index contributed by atoms with van der Waals surface area (Å²) in [6.45, 7) is 3.03. The first kappa shape index (κ1) is 28.1. The highest BCUT2D eigenvalue weighted by Crippen LogP contribution is 2.34. The number of carbonyl (C=O) groups is 1. The molecule has 3 fully saturated rings. The monoisotopic (exact) mass is 542 g/mol. The van der Waals surface area contributed by atoms with Crippen LogP contribution in [0.25, 0.3) is 0 Å². The Kier molecular flexibility index (Phi) is 9.96. The minimum Gasteiger partial charge on any atom is -0.388 e. The molecule has 3 aliphatic heterocycles.